The van der Waals surface area contributed by atoms with Crippen LogP contribution in [-0.2, 0) is 6.54 Å². The molecule has 1 N–H and O–H groups in total. The average Bonchev–Trinajstić information content (AvgIpc) is 2.20. The van der Waals surface area contributed by atoms with Crippen molar-refractivity contribution in [3.63, 3.8) is 0 Å². The molecule has 3 heteroatoms. The molecule has 0 atom stereocenters. The largest absolute Gasteiger partial charge is 0.312 e. The summed E-state index contributed by atoms with van der Waals surface area (Å²) < 4.78 is 0. The van der Waals surface area contributed by atoms with Gasteiger partial charge in [0.25, 0.3) is 0 Å². The van der Waals surface area contributed by atoms with Gasteiger partial charge in [0.15, 0.2) is 0 Å². The standard InChI is InChI=1S/C11H18N2S/c1-3-14-7-6-13-9-11-4-5-12-8-10(11)2/h4-5,8,13H,3,6-7,9H2,1-2H3. The van der Waals surface area contributed by atoms with E-state index in [1.807, 2.05) is 24.2 Å². The topological polar surface area (TPSA) is 24.9 Å². The first-order chi connectivity index (χ1) is 6.84. The molecule has 0 fully saturated rings. The van der Waals surface area contributed by atoms with Crippen LogP contribution in [0, 0.1) is 6.92 Å². The molecule has 0 saturated carbocycles. The minimum Gasteiger partial charge on any atom is -0.312 e. The van der Waals surface area contributed by atoms with Crippen molar-refractivity contribution in [3.05, 3.63) is 29.6 Å². The van der Waals surface area contributed by atoms with Crippen molar-refractivity contribution in [1.82, 2.24) is 10.3 Å². The molecule has 0 unspecified atom stereocenters. The molecule has 1 heterocycles. The Balaban J connectivity index is 2.21. The van der Waals surface area contributed by atoms with Crippen LogP contribution in [0.3, 0.4) is 0 Å². The lowest BCUT2D eigenvalue weighted by molar-refractivity contribution is 0.727. The Bertz CT molecular complexity index is 263. The van der Waals surface area contributed by atoms with Crippen molar-refractivity contribution < 1.29 is 0 Å². The maximum absolute atomic E-state index is 4.07. The van der Waals surface area contributed by atoms with Crippen LogP contribution in [0.2, 0.25) is 0 Å². The molecule has 2 nitrogen and oxygen atoms in total. The maximum atomic E-state index is 4.07. The van der Waals surface area contributed by atoms with Crippen LogP contribution < -0.4 is 5.32 Å². The summed E-state index contributed by atoms with van der Waals surface area (Å²) in [7, 11) is 0. The van der Waals surface area contributed by atoms with Gasteiger partial charge in [-0.1, -0.05) is 6.92 Å². The Hall–Kier alpha value is -0.540. The summed E-state index contributed by atoms with van der Waals surface area (Å²) in [5.74, 6) is 2.40. The Morgan fingerprint density at radius 1 is 1.50 bits per heavy atom. The van der Waals surface area contributed by atoms with E-state index in [0.29, 0.717) is 0 Å². The number of aryl methyl sites for hydroxylation is 1. The maximum Gasteiger partial charge on any atom is 0.0300 e. The SMILES string of the molecule is CCSCCNCc1ccncc1C. The highest BCUT2D eigenvalue weighted by Gasteiger charge is 1.95. The minimum absolute atomic E-state index is 0.957. The van der Waals surface area contributed by atoms with Crippen LogP contribution in [0.1, 0.15) is 18.1 Å². The molecule has 0 bridgehead atoms. The molecule has 78 valence electrons. The van der Waals surface area contributed by atoms with Crippen LogP contribution >= 0.6 is 11.8 Å². The van der Waals surface area contributed by atoms with Crippen molar-refractivity contribution in [2.45, 2.75) is 20.4 Å². The van der Waals surface area contributed by atoms with Crippen molar-refractivity contribution in [1.29, 1.82) is 0 Å². The van der Waals surface area contributed by atoms with E-state index in [0.717, 1.165) is 13.1 Å². The van der Waals surface area contributed by atoms with Gasteiger partial charge in [-0.15, -0.1) is 0 Å². The van der Waals surface area contributed by atoms with Gasteiger partial charge in [-0.3, -0.25) is 4.98 Å². The summed E-state index contributed by atoms with van der Waals surface area (Å²) in [5.41, 5.74) is 2.62. The van der Waals surface area contributed by atoms with Gasteiger partial charge >= 0.3 is 0 Å². The number of pyridine rings is 1. The molecule has 14 heavy (non-hydrogen) atoms. The molecule has 1 rings (SSSR count). The second-order valence-electron chi connectivity index (χ2n) is 3.18. The van der Waals surface area contributed by atoms with E-state index in [9.17, 15) is 0 Å². The van der Waals surface area contributed by atoms with E-state index in [1.165, 1.54) is 22.6 Å². The molecule has 0 spiro atoms. The third kappa shape index (κ3) is 4.11. The summed E-state index contributed by atoms with van der Waals surface area (Å²) >= 11 is 1.97. The lowest BCUT2D eigenvalue weighted by Crippen LogP contribution is -2.17. The Morgan fingerprint density at radius 2 is 2.36 bits per heavy atom. The zero-order valence-corrected chi connectivity index (χ0v) is 9.73. The summed E-state index contributed by atoms with van der Waals surface area (Å²) in [5, 5.41) is 3.43. The quantitative estimate of drug-likeness (QED) is 0.729. The van der Waals surface area contributed by atoms with Crippen molar-refractivity contribution >= 4 is 11.8 Å². The van der Waals surface area contributed by atoms with Crippen molar-refractivity contribution in [2.75, 3.05) is 18.1 Å². The van der Waals surface area contributed by atoms with Gasteiger partial charge in [0.2, 0.25) is 0 Å². The number of hydrogen-bond acceptors (Lipinski definition) is 3. The van der Waals surface area contributed by atoms with E-state index in [2.05, 4.69) is 30.2 Å². The third-order valence-corrected chi connectivity index (χ3v) is 2.98. The first kappa shape index (κ1) is 11.5. The molecule has 0 aliphatic carbocycles. The molecule has 0 radical (unpaired) electrons. The van der Waals surface area contributed by atoms with Gasteiger partial charge in [-0.05, 0) is 29.9 Å². The number of nitrogens with one attached hydrogen (secondary N) is 1. The van der Waals surface area contributed by atoms with Gasteiger partial charge in [0.1, 0.15) is 0 Å². The van der Waals surface area contributed by atoms with Gasteiger partial charge in [0.05, 0.1) is 0 Å². The number of thioether (sulfide) groups is 1. The van der Waals surface area contributed by atoms with E-state index in [1.54, 1.807) is 0 Å². The lowest BCUT2D eigenvalue weighted by atomic mass is 10.1. The number of rotatable bonds is 6. The fraction of sp³-hybridized carbons (Fsp3) is 0.545. The van der Waals surface area contributed by atoms with E-state index >= 15 is 0 Å². The van der Waals surface area contributed by atoms with E-state index in [-0.39, 0.29) is 0 Å². The minimum atomic E-state index is 0.957. The highest BCUT2D eigenvalue weighted by molar-refractivity contribution is 7.99. The van der Waals surface area contributed by atoms with Crippen LogP contribution in [0.4, 0.5) is 0 Å². The molecule has 0 aliphatic rings. The van der Waals surface area contributed by atoms with Crippen LogP contribution in [-0.4, -0.2) is 23.0 Å². The molecule has 1 aromatic rings. The Morgan fingerprint density at radius 3 is 3.07 bits per heavy atom. The normalized spacial score (nSPS) is 10.4. The van der Waals surface area contributed by atoms with Crippen LogP contribution in [0.15, 0.2) is 18.5 Å². The van der Waals surface area contributed by atoms with E-state index < -0.39 is 0 Å². The number of hydrogen-bond donors (Lipinski definition) is 1. The molecule has 1 aromatic heterocycles. The predicted molar refractivity (Wildman–Crippen MR) is 63.7 cm³/mol. The molecule has 0 aliphatic heterocycles. The van der Waals surface area contributed by atoms with E-state index in [4.69, 9.17) is 0 Å². The zero-order valence-electron chi connectivity index (χ0n) is 8.92. The fourth-order valence-corrected chi connectivity index (χ4v) is 1.79. The lowest BCUT2D eigenvalue weighted by Gasteiger charge is -2.06. The summed E-state index contributed by atoms with van der Waals surface area (Å²) in [6.07, 6.45) is 3.77. The molecule has 0 aromatic carbocycles. The van der Waals surface area contributed by atoms with Crippen LogP contribution in [0.25, 0.3) is 0 Å². The van der Waals surface area contributed by atoms with Gasteiger partial charge in [0, 0.05) is 31.2 Å². The van der Waals surface area contributed by atoms with Gasteiger partial charge in [-0.25, -0.2) is 0 Å². The van der Waals surface area contributed by atoms with Crippen molar-refractivity contribution in [3.8, 4) is 0 Å². The first-order valence-electron chi connectivity index (χ1n) is 5.02. The summed E-state index contributed by atoms with van der Waals surface area (Å²) in [6, 6.07) is 2.08. The zero-order chi connectivity index (χ0) is 10.2. The fourth-order valence-electron chi connectivity index (χ4n) is 1.21. The summed E-state index contributed by atoms with van der Waals surface area (Å²) in [4.78, 5) is 4.07. The second kappa shape index (κ2) is 6.85. The van der Waals surface area contributed by atoms with Gasteiger partial charge < -0.3 is 5.32 Å². The molecular formula is C11H18N2S. The summed E-state index contributed by atoms with van der Waals surface area (Å²) in [6.45, 7) is 6.33. The Labute approximate surface area is 90.5 Å². The van der Waals surface area contributed by atoms with Crippen LogP contribution in [0.5, 0.6) is 0 Å². The van der Waals surface area contributed by atoms with Crippen molar-refractivity contribution in [2.24, 2.45) is 0 Å². The molecule has 0 saturated heterocycles. The highest BCUT2D eigenvalue weighted by atomic mass is 32.2. The average molecular weight is 210 g/mol. The number of nitrogens with zero attached hydrogens (tertiary/aromatic N) is 1. The predicted octanol–water partition coefficient (Wildman–Crippen LogP) is 2.23. The smallest absolute Gasteiger partial charge is 0.0300 e. The third-order valence-electron chi connectivity index (χ3n) is 2.08. The van der Waals surface area contributed by atoms with Gasteiger partial charge in [-0.2, -0.15) is 11.8 Å². The molecule has 0 amide bonds. The second-order valence-corrected chi connectivity index (χ2v) is 4.57. The molecular weight excluding hydrogens is 192 g/mol. The monoisotopic (exact) mass is 210 g/mol. The first-order valence-corrected chi connectivity index (χ1v) is 6.18. The Kier molecular flexibility index (Phi) is 5.64. The highest BCUT2D eigenvalue weighted by Crippen LogP contribution is 2.04. The number of aromatic nitrogens is 1.